The molecule has 0 spiro atoms. The molecule has 1 atom stereocenters. The van der Waals surface area contributed by atoms with Gasteiger partial charge in [0.1, 0.15) is 0 Å². The molecular weight excluding hydrogens is 459 g/mol. The van der Waals surface area contributed by atoms with Gasteiger partial charge >= 0.3 is 0 Å². The van der Waals surface area contributed by atoms with Crippen LogP contribution in [0.4, 0.5) is 0 Å². The van der Waals surface area contributed by atoms with Crippen LogP contribution in [-0.4, -0.2) is 73.5 Å². The number of nitrogens with zero attached hydrogens (tertiary/aromatic N) is 4. The van der Waals surface area contributed by atoms with Gasteiger partial charge < -0.3 is 19.9 Å². The van der Waals surface area contributed by atoms with Gasteiger partial charge in [-0.2, -0.15) is 4.98 Å². The molecule has 1 aromatic heterocycles. The summed E-state index contributed by atoms with van der Waals surface area (Å²) in [7, 11) is 1.81. The molecule has 0 aliphatic carbocycles. The number of halogens is 1. The number of aryl methyl sites for hydroxylation is 2. The Kier molecular flexibility index (Phi) is 11.8. The van der Waals surface area contributed by atoms with Gasteiger partial charge in [0.2, 0.25) is 5.89 Å². The molecule has 2 N–H and O–H groups in total. The van der Waals surface area contributed by atoms with Gasteiger partial charge in [-0.25, -0.2) is 0 Å². The van der Waals surface area contributed by atoms with Crippen molar-refractivity contribution in [2.75, 3.05) is 46.4 Å². The first-order valence-corrected chi connectivity index (χ1v) is 9.64. The van der Waals surface area contributed by atoms with Crippen molar-refractivity contribution in [3.63, 3.8) is 0 Å². The lowest BCUT2D eigenvalue weighted by molar-refractivity contribution is 0.0132. The predicted molar refractivity (Wildman–Crippen MR) is 118 cm³/mol. The fourth-order valence-electron chi connectivity index (χ4n) is 3.17. The summed E-state index contributed by atoms with van der Waals surface area (Å²) in [5, 5.41) is 10.7. The van der Waals surface area contributed by atoms with E-state index in [1.54, 1.807) is 0 Å². The van der Waals surface area contributed by atoms with Crippen molar-refractivity contribution in [1.29, 1.82) is 0 Å². The van der Waals surface area contributed by atoms with Gasteiger partial charge in [-0.3, -0.25) is 9.89 Å². The first kappa shape index (κ1) is 24.1. The third-order valence-electron chi connectivity index (χ3n) is 4.46. The highest BCUT2D eigenvalue weighted by molar-refractivity contribution is 14.0. The summed E-state index contributed by atoms with van der Waals surface area (Å²) in [5.74, 6) is 2.88. The molecule has 0 saturated carbocycles. The average molecular weight is 494 g/mol. The summed E-state index contributed by atoms with van der Waals surface area (Å²) in [5.41, 5.74) is 0. The van der Waals surface area contributed by atoms with Crippen LogP contribution in [0.25, 0.3) is 0 Å². The lowest BCUT2D eigenvalue weighted by Gasteiger charge is -2.35. The Balaban J connectivity index is 0.00000364. The molecule has 1 fully saturated rings. The highest BCUT2D eigenvalue weighted by Crippen LogP contribution is 2.13. The number of rotatable bonds is 9. The maximum absolute atomic E-state index is 5.49. The number of hydrogen-bond acceptors (Lipinski definition) is 6. The molecule has 1 saturated heterocycles. The van der Waals surface area contributed by atoms with Crippen LogP contribution in [0.5, 0.6) is 0 Å². The molecule has 1 aromatic rings. The highest BCUT2D eigenvalue weighted by atomic mass is 127. The molecule has 9 heteroatoms. The zero-order valence-electron chi connectivity index (χ0n) is 17.0. The number of aromatic nitrogens is 2. The Morgan fingerprint density at radius 3 is 2.59 bits per heavy atom. The van der Waals surface area contributed by atoms with Crippen LogP contribution in [-0.2, 0) is 11.2 Å². The molecule has 1 aliphatic heterocycles. The number of hydrogen-bond donors (Lipinski definition) is 2. The zero-order chi connectivity index (χ0) is 18.8. The lowest BCUT2D eigenvalue weighted by Crippen LogP contribution is -2.51. The SMILES string of the molecule is CN=C(NCCCc1nc(C)no1)NCC(CC(C)C)N1CCOCC1.I. The molecule has 0 bridgehead atoms. The molecular formula is C18H35IN6O2. The average Bonchev–Trinajstić information content (AvgIpc) is 3.05. The third-order valence-corrected chi connectivity index (χ3v) is 4.46. The number of nitrogens with one attached hydrogen (secondary N) is 2. The van der Waals surface area contributed by atoms with E-state index in [4.69, 9.17) is 9.26 Å². The van der Waals surface area contributed by atoms with E-state index in [1.807, 2.05) is 14.0 Å². The molecule has 1 unspecified atom stereocenters. The van der Waals surface area contributed by atoms with E-state index < -0.39 is 0 Å². The third kappa shape index (κ3) is 9.20. The van der Waals surface area contributed by atoms with Crippen LogP contribution in [0.1, 0.15) is 38.4 Å². The molecule has 8 nitrogen and oxygen atoms in total. The molecule has 156 valence electrons. The number of guanidine groups is 1. The van der Waals surface area contributed by atoms with Gasteiger partial charge in [0.25, 0.3) is 0 Å². The van der Waals surface area contributed by atoms with E-state index in [2.05, 4.69) is 44.5 Å². The van der Waals surface area contributed by atoms with Crippen LogP contribution in [0.3, 0.4) is 0 Å². The highest BCUT2D eigenvalue weighted by Gasteiger charge is 2.22. The summed E-state index contributed by atoms with van der Waals surface area (Å²) in [6.07, 6.45) is 2.86. The van der Waals surface area contributed by atoms with Crippen LogP contribution in [0.15, 0.2) is 9.52 Å². The van der Waals surface area contributed by atoms with Gasteiger partial charge in [0.15, 0.2) is 11.8 Å². The second kappa shape index (κ2) is 13.3. The van der Waals surface area contributed by atoms with Crippen LogP contribution < -0.4 is 10.6 Å². The second-order valence-corrected chi connectivity index (χ2v) is 7.15. The lowest BCUT2D eigenvalue weighted by atomic mass is 10.0. The standard InChI is InChI=1S/C18H34N6O2.HI/c1-14(2)12-16(24-8-10-25-11-9-24)13-21-18(19-4)20-7-5-6-17-22-15(3)23-26-17;/h14,16H,5-13H2,1-4H3,(H2,19,20,21);1H. The maximum atomic E-state index is 5.49. The minimum Gasteiger partial charge on any atom is -0.379 e. The van der Waals surface area contributed by atoms with E-state index in [1.165, 1.54) is 6.42 Å². The van der Waals surface area contributed by atoms with Crippen molar-refractivity contribution in [2.24, 2.45) is 10.9 Å². The smallest absolute Gasteiger partial charge is 0.226 e. The van der Waals surface area contributed by atoms with Gasteiger partial charge in [-0.1, -0.05) is 19.0 Å². The van der Waals surface area contributed by atoms with Crippen molar-refractivity contribution in [3.05, 3.63) is 11.7 Å². The molecule has 1 aliphatic rings. The normalized spacial score (nSPS) is 16.9. The number of ether oxygens (including phenoxy) is 1. The number of aliphatic imine (C=N–C) groups is 1. The quantitative estimate of drug-likeness (QED) is 0.235. The van der Waals surface area contributed by atoms with E-state index >= 15 is 0 Å². The zero-order valence-corrected chi connectivity index (χ0v) is 19.4. The number of morpholine rings is 1. The molecule has 0 aromatic carbocycles. The van der Waals surface area contributed by atoms with E-state index in [0.717, 1.165) is 58.2 Å². The molecule has 2 heterocycles. The fraction of sp³-hybridized carbons (Fsp3) is 0.833. The Bertz CT molecular complexity index is 546. The van der Waals surface area contributed by atoms with Gasteiger partial charge in [-0.15, -0.1) is 24.0 Å². The van der Waals surface area contributed by atoms with Crippen molar-refractivity contribution < 1.29 is 9.26 Å². The van der Waals surface area contributed by atoms with Crippen molar-refractivity contribution in [1.82, 2.24) is 25.7 Å². The summed E-state index contributed by atoms with van der Waals surface area (Å²) in [6.45, 7) is 11.8. The van der Waals surface area contributed by atoms with Crippen LogP contribution in [0.2, 0.25) is 0 Å². The van der Waals surface area contributed by atoms with E-state index in [-0.39, 0.29) is 24.0 Å². The Morgan fingerprint density at radius 2 is 2.00 bits per heavy atom. The summed E-state index contributed by atoms with van der Waals surface area (Å²) in [4.78, 5) is 11.1. The second-order valence-electron chi connectivity index (χ2n) is 7.15. The molecule has 0 radical (unpaired) electrons. The Hall–Kier alpha value is -0.940. The van der Waals surface area contributed by atoms with E-state index in [9.17, 15) is 0 Å². The predicted octanol–water partition coefficient (Wildman–Crippen LogP) is 1.84. The first-order valence-electron chi connectivity index (χ1n) is 9.64. The maximum Gasteiger partial charge on any atom is 0.226 e. The van der Waals surface area contributed by atoms with Crippen molar-refractivity contribution >= 4 is 29.9 Å². The summed E-state index contributed by atoms with van der Waals surface area (Å²) >= 11 is 0. The van der Waals surface area contributed by atoms with Crippen molar-refractivity contribution in [2.45, 2.75) is 46.1 Å². The van der Waals surface area contributed by atoms with Gasteiger partial charge in [0.05, 0.1) is 13.2 Å². The van der Waals surface area contributed by atoms with Crippen molar-refractivity contribution in [3.8, 4) is 0 Å². The first-order chi connectivity index (χ1) is 12.6. The summed E-state index contributed by atoms with van der Waals surface area (Å²) < 4.78 is 10.6. The Morgan fingerprint density at radius 1 is 1.26 bits per heavy atom. The molecule has 2 rings (SSSR count). The minimum atomic E-state index is 0. The van der Waals surface area contributed by atoms with Gasteiger partial charge in [0, 0.05) is 45.7 Å². The van der Waals surface area contributed by atoms with Gasteiger partial charge in [-0.05, 0) is 25.7 Å². The van der Waals surface area contributed by atoms with Crippen LogP contribution >= 0.6 is 24.0 Å². The monoisotopic (exact) mass is 494 g/mol. The van der Waals surface area contributed by atoms with Crippen LogP contribution in [0, 0.1) is 12.8 Å². The summed E-state index contributed by atoms with van der Waals surface area (Å²) in [6, 6.07) is 0.499. The topological polar surface area (TPSA) is 87.8 Å². The minimum absolute atomic E-state index is 0. The Labute approximate surface area is 179 Å². The molecule has 0 amide bonds. The van der Waals surface area contributed by atoms with E-state index in [0.29, 0.717) is 23.7 Å². The molecule has 27 heavy (non-hydrogen) atoms. The fourth-order valence-corrected chi connectivity index (χ4v) is 3.17. The largest absolute Gasteiger partial charge is 0.379 e.